The predicted molar refractivity (Wildman–Crippen MR) is 68.1 cm³/mol. The van der Waals surface area contributed by atoms with E-state index in [9.17, 15) is 25.3 Å². The topological polar surface area (TPSA) is 133 Å². The Morgan fingerprint density at radius 2 is 1.67 bits per heavy atom. The van der Waals surface area contributed by atoms with Crippen molar-refractivity contribution in [1.29, 1.82) is 0 Å². The summed E-state index contributed by atoms with van der Waals surface area (Å²) in [4.78, 5) is 18.6. The average Bonchev–Trinajstić information content (AvgIpc) is 2.48. The lowest BCUT2D eigenvalue weighted by molar-refractivity contribution is -0.729. The molecule has 0 atom stereocenters. The third-order valence-corrected chi connectivity index (χ3v) is 2.29. The van der Waals surface area contributed by atoms with Crippen LogP contribution in [0, 0.1) is 20.2 Å². The van der Waals surface area contributed by atoms with Crippen molar-refractivity contribution in [3.05, 3.63) is 69.0 Å². The van der Waals surface area contributed by atoms with Gasteiger partial charge in [0.25, 0.3) is 11.4 Å². The number of aliphatic hydroxyl groups is 1. The molecule has 0 aliphatic rings. The SMILES string of the molecule is O=[N+]([O-])c1ccc([O-])c([N+](=O)[O-])c1.OC[n+]1ccccc1. The maximum absolute atomic E-state index is 10.8. The van der Waals surface area contributed by atoms with Gasteiger partial charge in [-0.25, -0.2) is 0 Å². The van der Waals surface area contributed by atoms with Crippen LogP contribution in [0.25, 0.3) is 0 Å². The molecule has 0 radical (unpaired) electrons. The molecule has 0 saturated heterocycles. The van der Waals surface area contributed by atoms with E-state index in [1.807, 2.05) is 18.2 Å². The smallest absolute Gasteiger partial charge is 0.276 e. The molecule has 2 aromatic rings. The van der Waals surface area contributed by atoms with Gasteiger partial charge in [0.15, 0.2) is 12.4 Å². The minimum absolute atomic E-state index is 0.0564. The van der Waals surface area contributed by atoms with Crippen LogP contribution in [0.5, 0.6) is 5.75 Å². The highest BCUT2D eigenvalue weighted by Gasteiger charge is 2.13. The minimum atomic E-state index is -0.949. The standard InChI is InChI=1S/C6H4N2O5.C6H8NO/c9-6-2-1-4(7(10)11)3-5(6)8(12)13;8-6-7-4-2-1-3-5-7/h1-3,9H;1-5,8H,6H2/q;+1/p-1. The van der Waals surface area contributed by atoms with Gasteiger partial charge in [0.1, 0.15) is 0 Å². The molecule has 9 heteroatoms. The van der Waals surface area contributed by atoms with Crippen LogP contribution in [0.1, 0.15) is 0 Å². The third-order valence-electron chi connectivity index (χ3n) is 2.29. The van der Waals surface area contributed by atoms with Gasteiger partial charge in [-0.05, 0) is 5.75 Å². The number of aliphatic hydroxyl groups excluding tert-OH is 1. The average molecular weight is 293 g/mol. The Hall–Kier alpha value is -3.07. The number of hydrogen-bond donors (Lipinski definition) is 1. The van der Waals surface area contributed by atoms with Crippen LogP contribution in [0.4, 0.5) is 11.4 Å². The fraction of sp³-hybridized carbons (Fsp3) is 0.0833. The van der Waals surface area contributed by atoms with Gasteiger partial charge in [-0.2, -0.15) is 4.57 Å². The molecule has 0 saturated carbocycles. The summed E-state index contributed by atoms with van der Waals surface area (Å²) in [5, 5.41) is 39.6. The molecule has 1 aromatic carbocycles. The Balaban J connectivity index is 0.000000235. The van der Waals surface area contributed by atoms with Gasteiger partial charge in [-0.3, -0.25) is 20.2 Å². The molecule has 9 nitrogen and oxygen atoms in total. The first-order valence-corrected chi connectivity index (χ1v) is 5.60. The van der Waals surface area contributed by atoms with Crippen LogP contribution in [0.15, 0.2) is 48.8 Å². The number of rotatable bonds is 3. The fourth-order valence-electron chi connectivity index (χ4n) is 1.29. The van der Waals surface area contributed by atoms with Crippen LogP contribution in [-0.4, -0.2) is 15.0 Å². The molecule has 0 bridgehead atoms. The summed E-state index contributed by atoms with van der Waals surface area (Å²) < 4.78 is 1.68. The second-order valence-electron chi connectivity index (χ2n) is 3.70. The minimum Gasteiger partial charge on any atom is -0.868 e. The van der Waals surface area contributed by atoms with Crippen molar-refractivity contribution in [2.45, 2.75) is 6.73 Å². The van der Waals surface area contributed by atoms with Crippen molar-refractivity contribution < 1.29 is 24.6 Å². The molecule has 1 N–H and O–H groups in total. The van der Waals surface area contributed by atoms with Gasteiger partial charge >= 0.3 is 0 Å². The van der Waals surface area contributed by atoms with Crippen molar-refractivity contribution in [2.75, 3.05) is 0 Å². The molecule has 0 amide bonds. The van der Waals surface area contributed by atoms with Crippen LogP contribution < -0.4 is 9.67 Å². The van der Waals surface area contributed by atoms with Gasteiger partial charge in [-0.15, -0.1) is 0 Å². The van der Waals surface area contributed by atoms with Gasteiger partial charge in [-0.1, -0.05) is 12.1 Å². The van der Waals surface area contributed by atoms with Crippen molar-refractivity contribution in [1.82, 2.24) is 0 Å². The van der Waals surface area contributed by atoms with Crippen LogP contribution >= 0.6 is 0 Å². The fourth-order valence-corrected chi connectivity index (χ4v) is 1.29. The van der Waals surface area contributed by atoms with E-state index < -0.39 is 27.0 Å². The van der Waals surface area contributed by atoms with Gasteiger partial charge in [0.2, 0.25) is 6.73 Å². The van der Waals surface area contributed by atoms with Crippen molar-refractivity contribution in [3.63, 3.8) is 0 Å². The van der Waals surface area contributed by atoms with Crippen molar-refractivity contribution in [2.24, 2.45) is 0 Å². The van der Waals surface area contributed by atoms with E-state index in [1.165, 1.54) is 0 Å². The summed E-state index contributed by atoms with van der Waals surface area (Å²) in [7, 11) is 0. The zero-order valence-electron chi connectivity index (χ0n) is 10.7. The first kappa shape index (κ1) is 16.0. The Morgan fingerprint density at radius 3 is 2.10 bits per heavy atom. The zero-order chi connectivity index (χ0) is 15.8. The molecule has 0 fully saturated rings. The number of aromatic nitrogens is 1. The largest absolute Gasteiger partial charge is 0.868 e. The first-order valence-electron chi connectivity index (χ1n) is 5.60. The van der Waals surface area contributed by atoms with Gasteiger partial charge < -0.3 is 10.2 Å². The normalized spacial score (nSPS) is 9.38. The highest BCUT2D eigenvalue weighted by Crippen LogP contribution is 2.27. The quantitative estimate of drug-likeness (QED) is 0.497. The summed E-state index contributed by atoms with van der Waals surface area (Å²) in [6.45, 7) is 0.0564. The van der Waals surface area contributed by atoms with Crippen molar-refractivity contribution in [3.8, 4) is 5.75 Å². The monoisotopic (exact) mass is 293 g/mol. The Kier molecular flexibility index (Phi) is 5.71. The lowest BCUT2D eigenvalue weighted by atomic mass is 10.2. The maximum atomic E-state index is 10.8. The lowest BCUT2D eigenvalue weighted by Crippen LogP contribution is -2.31. The molecule has 0 unspecified atom stereocenters. The lowest BCUT2D eigenvalue weighted by Gasteiger charge is -2.03. The number of non-ortho nitro benzene ring substituents is 1. The number of nitro groups is 2. The van der Waals surface area contributed by atoms with E-state index >= 15 is 0 Å². The number of nitrogens with zero attached hydrogens (tertiary/aromatic N) is 3. The van der Waals surface area contributed by atoms with Crippen molar-refractivity contribution >= 4 is 11.4 Å². The van der Waals surface area contributed by atoms with E-state index in [2.05, 4.69) is 0 Å². The van der Waals surface area contributed by atoms with Gasteiger partial charge in [0.05, 0.1) is 15.9 Å². The van der Waals surface area contributed by atoms with Crippen LogP contribution in [0.3, 0.4) is 0 Å². The summed E-state index contributed by atoms with van der Waals surface area (Å²) in [6.07, 6.45) is 3.61. The highest BCUT2D eigenvalue weighted by atomic mass is 16.6. The molecule has 1 heterocycles. The molecule has 110 valence electrons. The Bertz CT molecular complexity index is 632. The molecule has 1 aromatic heterocycles. The molecule has 0 aliphatic heterocycles. The van der Waals surface area contributed by atoms with E-state index in [0.29, 0.717) is 6.07 Å². The second-order valence-corrected chi connectivity index (χ2v) is 3.70. The predicted octanol–water partition coefficient (Wildman–Crippen LogP) is 0.500. The summed E-state index contributed by atoms with van der Waals surface area (Å²) in [6, 6.07) is 8.02. The Labute approximate surface area is 118 Å². The first-order chi connectivity index (χ1) is 9.95. The third kappa shape index (κ3) is 4.84. The molecule has 2 rings (SSSR count). The van der Waals surface area contributed by atoms with E-state index in [1.54, 1.807) is 17.0 Å². The number of benzene rings is 1. The van der Waals surface area contributed by atoms with E-state index in [4.69, 9.17) is 5.11 Å². The zero-order valence-corrected chi connectivity index (χ0v) is 10.7. The van der Waals surface area contributed by atoms with E-state index in [-0.39, 0.29) is 6.73 Å². The molecular formula is C12H11N3O6. The Morgan fingerprint density at radius 1 is 1.05 bits per heavy atom. The molecule has 0 spiro atoms. The second kappa shape index (κ2) is 7.50. The van der Waals surface area contributed by atoms with E-state index in [0.717, 1.165) is 12.1 Å². The van der Waals surface area contributed by atoms with Crippen LogP contribution in [-0.2, 0) is 6.73 Å². The van der Waals surface area contributed by atoms with Crippen LogP contribution in [0.2, 0.25) is 0 Å². The maximum Gasteiger partial charge on any atom is 0.276 e. The van der Waals surface area contributed by atoms with Gasteiger partial charge in [0, 0.05) is 18.2 Å². The molecule has 0 aliphatic carbocycles. The number of pyridine rings is 1. The summed E-state index contributed by atoms with van der Waals surface area (Å²) >= 11 is 0. The molecular weight excluding hydrogens is 282 g/mol. The number of nitro benzene ring substituents is 2. The molecule has 21 heavy (non-hydrogen) atoms. The highest BCUT2D eigenvalue weighted by molar-refractivity contribution is 5.51. The number of hydrogen-bond acceptors (Lipinski definition) is 6. The summed E-state index contributed by atoms with van der Waals surface area (Å²) in [5.74, 6) is -0.837. The summed E-state index contributed by atoms with van der Waals surface area (Å²) in [5.41, 5.74) is -1.25.